The number of aromatic nitrogens is 1. The molecule has 8 heteroatoms. The second-order valence-electron chi connectivity index (χ2n) is 7.74. The molecular formula is C24H28FN3O4. The van der Waals surface area contributed by atoms with Gasteiger partial charge < -0.3 is 20.0 Å². The van der Waals surface area contributed by atoms with Crippen LogP contribution in [0.25, 0.3) is 11.1 Å². The number of hydrogen-bond donors (Lipinski definition) is 2. The Hall–Kier alpha value is -3.26. The fourth-order valence-electron chi connectivity index (χ4n) is 4.01. The van der Waals surface area contributed by atoms with Crippen LogP contribution in [0.1, 0.15) is 24.6 Å². The van der Waals surface area contributed by atoms with E-state index >= 15 is 0 Å². The molecule has 0 bridgehead atoms. The number of piperazine rings is 1. The maximum atomic E-state index is 13.3. The highest BCUT2D eigenvalue weighted by atomic mass is 19.1. The normalized spacial score (nSPS) is 15.9. The van der Waals surface area contributed by atoms with Gasteiger partial charge in [0.1, 0.15) is 11.6 Å². The third kappa shape index (κ3) is 6.13. The van der Waals surface area contributed by atoms with Gasteiger partial charge in [-0.25, -0.2) is 19.0 Å². The lowest BCUT2D eigenvalue weighted by atomic mass is 9.99. The molecule has 1 fully saturated rings. The maximum absolute atomic E-state index is 13.3. The van der Waals surface area contributed by atoms with Crippen LogP contribution < -0.4 is 4.90 Å². The molecule has 0 radical (unpaired) electrons. The van der Waals surface area contributed by atoms with Gasteiger partial charge in [-0.1, -0.05) is 19.1 Å². The Labute approximate surface area is 186 Å². The number of benzene rings is 1. The van der Waals surface area contributed by atoms with E-state index in [4.69, 9.17) is 15.2 Å². The Morgan fingerprint density at radius 2 is 1.66 bits per heavy atom. The average molecular weight is 442 g/mol. The Kier molecular flexibility index (Phi) is 7.94. The highest BCUT2D eigenvalue weighted by molar-refractivity contribution is 5.89. The van der Waals surface area contributed by atoms with Gasteiger partial charge in [0, 0.05) is 44.0 Å². The molecule has 1 saturated heterocycles. The molecule has 1 aliphatic heterocycles. The van der Waals surface area contributed by atoms with Crippen molar-refractivity contribution >= 4 is 17.8 Å². The molecule has 7 nitrogen and oxygen atoms in total. The maximum Gasteiger partial charge on any atom is 0.328 e. The standard InChI is InChI=1S/C20H24FN3.C4H4O4/c1-2-23-10-12-24(13-11-23)20-14-18(15-6-8-16(21)9-7-15)17-4-3-5-19(17)22-20;5-3(6)1-2-4(7)8/h6-9,14H,2-5,10-13H2,1H3;1-2H,(H,5,6)(H,7,8)/b;2-1-. The van der Waals surface area contributed by atoms with E-state index in [2.05, 4.69) is 22.8 Å². The first-order chi connectivity index (χ1) is 15.4. The van der Waals surface area contributed by atoms with Crippen molar-refractivity contribution in [2.75, 3.05) is 37.6 Å². The van der Waals surface area contributed by atoms with Gasteiger partial charge in [-0.2, -0.15) is 0 Å². The third-order valence-corrected chi connectivity index (χ3v) is 5.70. The van der Waals surface area contributed by atoms with Crippen molar-refractivity contribution < 1.29 is 24.2 Å². The fraction of sp³-hybridized carbons (Fsp3) is 0.375. The topological polar surface area (TPSA) is 94.0 Å². The smallest absolute Gasteiger partial charge is 0.328 e. The first-order valence-electron chi connectivity index (χ1n) is 10.8. The first-order valence-corrected chi connectivity index (χ1v) is 10.8. The molecule has 1 aliphatic carbocycles. The summed E-state index contributed by atoms with van der Waals surface area (Å²) in [4.78, 5) is 28.9. The minimum atomic E-state index is -1.26. The lowest BCUT2D eigenvalue weighted by Gasteiger charge is -2.35. The summed E-state index contributed by atoms with van der Waals surface area (Å²) in [5, 5.41) is 15.6. The van der Waals surface area contributed by atoms with Gasteiger partial charge in [0.25, 0.3) is 0 Å². The van der Waals surface area contributed by atoms with E-state index in [1.165, 1.54) is 23.2 Å². The molecule has 1 aromatic heterocycles. The summed E-state index contributed by atoms with van der Waals surface area (Å²) in [5.74, 6) is -1.61. The summed E-state index contributed by atoms with van der Waals surface area (Å²) in [6.45, 7) is 7.59. The molecule has 2 heterocycles. The molecule has 1 aromatic carbocycles. The highest BCUT2D eigenvalue weighted by Crippen LogP contribution is 2.34. The van der Waals surface area contributed by atoms with Crippen molar-refractivity contribution in [1.29, 1.82) is 0 Å². The van der Waals surface area contributed by atoms with Gasteiger partial charge >= 0.3 is 11.9 Å². The van der Waals surface area contributed by atoms with Crippen LogP contribution in [-0.4, -0.2) is 64.8 Å². The van der Waals surface area contributed by atoms with Crippen LogP contribution in [-0.2, 0) is 22.4 Å². The predicted molar refractivity (Wildman–Crippen MR) is 120 cm³/mol. The van der Waals surface area contributed by atoms with E-state index in [9.17, 15) is 14.0 Å². The van der Waals surface area contributed by atoms with Crippen LogP contribution >= 0.6 is 0 Å². The van der Waals surface area contributed by atoms with Crippen LogP contribution in [0.2, 0.25) is 0 Å². The number of halogens is 1. The number of aryl methyl sites for hydroxylation is 1. The van der Waals surface area contributed by atoms with Gasteiger partial charge in [0.05, 0.1) is 0 Å². The van der Waals surface area contributed by atoms with E-state index in [1.807, 2.05) is 12.1 Å². The number of carboxylic acids is 2. The number of aliphatic carboxylic acids is 2. The molecule has 0 spiro atoms. The van der Waals surface area contributed by atoms with E-state index in [0.717, 1.165) is 56.9 Å². The molecule has 32 heavy (non-hydrogen) atoms. The molecule has 0 amide bonds. The molecule has 170 valence electrons. The van der Waals surface area contributed by atoms with Crippen molar-refractivity contribution in [2.45, 2.75) is 26.2 Å². The van der Waals surface area contributed by atoms with Crippen LogP contribution in [0.3, 0.4) is 0 Å². The molecule has 2 aromatic rings. The lowest BCUT2D eigenvalue weighted by Crippen LogP contribution is -2.46. The summed E-state index contributed by atoms with van der Waals surface area (Å²) < 4.78 is 13.3. The van der Waals surface area contributed by atoms with Gasteiger partial charge in [0.15, 0.2) is 0 Å². The number of anilines is 1. The zero-order chi connectivity index (χ0) is 23.1. The van der Waals surface area contributed by atoms with Crippen LogP contribution in [0.5, 0.6) is 0 Å². The summed E-state index contributed by atoms with van der Waals surface area (Å²) in [7, 11) is 0. The van der Waals surface area contributed by atoms with Crippen LogP contribution in [0.4, 0.5) is 10.2 Å². The number of rotatable bonds is 5. The summed E-state index contributed by atoms with van der Waals surface area (Å²) in [6, 6.07) is 9.11. The van der Waals surface area contributed by atoms with Crippen molar-refractivity contribution in [2.24, 2.45) is 0 Å². The van der Waals surface area contributed by atoms with Crippen molar-refractivity contribution in [3.63, 3.8) is 0 Å². The van der Waals surface area contributed by atoms with Gasteiger partial charge in [-0.15, -0.1) is 0 Å². The predicted octanol–water partition coefficient (Wildman–Crippen LogP) is 3.23. The van der Waals surface area contributed by atoms with Gasteiger partial charge in [0.2, 0.25) is 0 Å². The minimum absolute atomic E-state index is 0.180. The molecule has 2 N–H and O–H groups in total. The number of likely N-dealkylation sites (N-methyl/N-ethyl adjacent to an activating group) is 1. The number of carbonyl (C=O) groups is 2. The zero-order valence-electron chi connectivity index (χ0n) is 18.1. The Morgan fingerprint density at radius 3 is 2.22 bits per heavy atom. The van der Waals surface area contributed by atoms with Gasteiger partial charge in [-0.3, -0.25) is 0 Å². The summed E-state index contributed by atoms with van der Waals surface area (Å²) >= 11 is 0. The third-order valence-electron chi connectivity index (χ3n) is 5.70. The van der Waals surface area contributed by atoms with Crippen LogP contribution in [0.15, 0.2) is 42.5 Å². The van der Waals surface area contributed by atoms with Crippen LogP contribution in [0, 0.1) is 5.82 Å². The monoisotopic (exact) mass is 441 g/mol. The van der Waals surface area contributed by atoms with E-state index < -0.39 is 11.9 Å². The number of hydrogen-bond acceptors (Lipinski definition) is 5. The molecule has 4 rings (SSSR count). The van der Waals surface area contributed by atoms with E-state index in [0.29, 0.717) is 12.2 Å². The van der Waals surface area contributed by atoms with Gasteiger partial charge in [-0.05, 0) is 60.7 Å². The first kappa shape index (κ1) is 23.4. The SMILES string of the molecule is CCN1CCN(c2cc(-c3ccc(F)cc3)c3c(n2)CCC3)CC1.O=C(O)/C=C\C(=O)O. The fourth-order valence-corrected chi connectivity index (χ4v) is 4.01. The second-order valence-corrected chi connectivity index (χ2v) is 7.74. The second kappa shape index (κ2) is 10.9. The van der Waals surface area contributed by atoms with Crippen molar-refractivity contribution in [1.82, 2.24) is 9.88 Å². The quantitative estimate of drug-likeness (QED) is 0.688. The zero-order valence-corrected chi connectivity index (χ0v) is 18.1. The average Bonchev–Trinajstić information content (AvgIpc) is 3.27. The molecule has 0 atom stereocenters. The van der Waals surface area contributed by atoms with E-state index in [-0.39, 0.29) is 5.82 Å². The molecule has 0 unspecified atom stereocenters. The summed E-state index contributed by atoms with van der Waals surface area (Å²) in [6.07, 6.45) is 4.43. The summed E-state index contributed by atoms with van der Waals surface area (Å²) in [5.41, 5.74) is 4.94. The molecule has 2 aliphatic rings. The largest absolute Gasteiger partial charge is 0.478 e. The lowest BCUT2D eigenvalue weighted by molar-refractivity contribution is -0.134. The Bertz CT molecular complexity index is 967. The molecular weight excluding hydrogens is 413 g/mol. The number of carboxylic acid groups (broad SMARTS) is 2. The van der Waals surface area contributed by atoms with Crippen molar-refractivity contribution in [3.8, 4) is 11.1 Å². The molecule has 0 saturated carbocycles. The Balaban J connectivity index is 0.000000312. The minimum Gasteiger partial charge on any atom is -0.478 e. The highest BCUT2D eigenvalue weighted by Gasteiger charge is 2.23. The van der Waals surface area contributed by atoms with Crippen molar-refractivity contribution in [3.05, 3.63) is 59.6 Å². The Morgan fingerprint density at radius 1 is 1.03 bits per heavy atom. The number of pyridine rings is 1. The number of nitrogens with zero attached hydrogens (tertiary/aromatic N) is 3. The number of fused-ring (bicyclic) bond motifs is 1. The van der Waals surface area contributed by atoms with E-state index in [1.54, 1.807) is 12.1 Å².